The van der Waals surface area contributed by atoms with Crippen molar-refractivity contribution in [3.8, 4) is 17.3 Å². The molecule has 0 spiro atoms. The first-order valence-electron chi connectivity index (χ1n) is 5.34. The second kappa shape index (κ2) is 4.29. The lowest BCUT2D eigenvalue weighted by atomic mass is 10.2. The minimum Gasteiger partial charge on any atom is -0.492 e. The largest absolute Gasteiger partial charge is 0.492 e. The van der Waals surface area contributed by atoms with E-state index in [0.717, 1.165) is 0 Å². The van der Waals surface area contributed by atoms with Gasteiger partial charge in [0.05, 0.1) is 10.4 Å². The monoisotopic (exact) mass is 273 g/mol. The summed E-state index contributed by atoms with van der Waals surface area (Å²) in [4.78, 5) is 18.4. The van der Waals surface area contributed by atoms with E-state index >= 15 is 0 Å². The van der Waals surface area contributed by atoms with Gasteiger partial charge in [-0.05, 0) is 23.6 Å². The maximum Gasteiger partial charge on any atom is 0.269 e. The van der Waals surface area contributed by atoms with Gasteiger partial charge in [-0.3, -0.25) is 10.1 Å². The van der Waals surface area contributed by atoms with Crippen LogP contribution >= 0.6 is 11.3 Å². The van der Waals surface area contributed by atoms with Gasteiger partial charge in [-0.25, -0.2) is 4.98 Å². The minimum absolute atomic E-state index is 0.00424. The van der Waals surface area contributed by atoms with Crippen LogP contribution in [0.5, 0.6) is 5.88 Å². The molecule has 6 nitrogen and oxygen atoms in total. The van der Waals surface area contributed by atoms with Crippen LogP contribution in [-0.4, -0.2) is 20.0 Å². The first-order chi connectivity index (χ1) is 9.15. The summed E-state index contributed by atoms with van der Waals surface area (Å²) < 4.78 is 0.630. The fraction of sp³-hybridized carbons (Fsp3) is 0. The van der Waals surface area contributed by atoms with E-state index in [0.29, 0.717) is 21.6 Å². The predicted octanol–water partition coefficient (Wildman–Crippen LogP) is 2.97. The number of hydrogen-bond acceptors (Lipinski definition) is 6. The summed E-state index contributed by atoms with van der Waals surface area (Å²) >= 11 is 1.36. The van der Waals surface area contributed by atoms with E-state index in [9.17, 15) is 15.2 Å². The second-order valence-electron chi connectivity index (χ2n) is 3.81. The quantitative estimate of drug-likeness (QED) is 0.572. The molecular formula is C12H7N3O3S. The van der Waals surface area contributed by atoms with Crippen molar-refractivity contribution in [2.75, 3.05) is 0 Å². The van der Waals surface area contributed by atoms with Crippen LogP contribution in [0.25, 0.3) is 21.6 Å². The van der Waals surface area contributed by atoms with Gasteiger partial charge in [-0.2, -0.15) is 4.98 Å². The molecule has 0 saturated heterocycles. The highest BCUT2D eigenvalue weighted by Crippen LogP contribution is 2.29. The summed E-state index contributed by atoms with van der Waals surface area (Å²) in [5.41, 5.74) is 1.28. The molecule has 0 fully saturated rings. The lowest BCUT2D eigenvalue weighted by Gasteiger charge is -2.01. The number of hydrogen-bond donors (Lipinski definition) is 1. The van der Waals surface area contributed by atoms with Gasteiger partial charge in [0.1, 0.15) is 4.70 Å². The number of thiophene rings is 1. The molecule has 0 saturated carbocycles. The molecule has 94 valence electrons. The fourth-order valence-electron chi connectivity index (χ4n) is 1.71. The van der Waals surface area contributed by atoms with E-state index in [1.807, 2.05) is 5.38 Å². The highest BCUT2D eigenvalue weighted by Gasteiger charge is 2.11. The smallest absolute Gasteiger partial charge is 0.269 e. The van der Waals surface area contributed by atoms with E-state index in [1.54, 1.807) is 18.2 Å². The Labute approximate surface area is 111 Å². The van der Waals surface area contributed by atoms with E-state index in [1.165, 1.54) is 23.5 Å². The van der Waals surface area contributed by atoms with Gasteiger partial charge in [0, 0.05) is 17.7 Å². The van der Waals surface area contributed by atoms with Crippen molar-refractivity contribution in [2.24, 2.45) is 0 Å². The first kappa shape index (κ1) is 11.5. The number of aromatic hydroxyl groups is 1. The number of fused-ring (bicyclic) bond motifs is 1. The zero-order chi connectivity index (χ0) is 13.4. The summed E-state index contributed by atoms with van der Waals surface area (Å²) in [6.45, 7) is 0. The van der Waals surface area contributed by atoms with Crippen molar-refractivity contribution >= 4 is 27.2 Å². The maximum absolute atomic E-state index is 10.6. The Balaban J connectivity index is 2.10. The Bertz CT molecular complexity index is 767. The summed E-state index contributed by atoms with van der Waals surface area (Å²) in [6.07, 6.45) is 0. The molecule has 0 atom stereocenters. The standard InChI is InChI=1S/C12H7N3O3S/c16-12-10-9(5-6-19-10)13-11(14-12)7-1-3-8(4-2-7)15(17)18/h1-6H,(H,13,14,16). The minimum atomic E-state index is -0.468. The van der Waals surface area contributed by atoms with Crippen LogP contribution in [0, 0.1) is 10.1 Å². The Morgan fingerprint density at radius 3 is 2.58 bits per heavy atom. The number of nitro groups is 1. The van der Waals surface area contributed by atoms with Crippen molar-refractivity contribution < 1.29 is 10.0 Å². The summed E-state index contributed by atoms with van der Waals surface area (Å²) in [6, 6.07) is 7.67. The average molecular weight is 273 g/mol. The molecule has 19 heavy (non-hydrogen) atoms. The Morgan fingerprint density at radius 2 is 1.89 bits per heavy atom. The molecular weight excluding hydrogens is 266 g/mol. The summed E-state index contributed by atoms with van der Waals surface area (Å²) in [5, 5.41) is 22.2. The van der Waals surface area contributed by atoms with Crippen LogP contribution in [0.3, 0.4) is 0 Å². The molecule has 0 aliphatic carbocycles. The molecule has 0 aliphatic rings. The van der Waals surface area contributed by atoms with Crippen molar-refractivity contribution in [1.82, 2.24) is 9.97 Å². The zero-order valence-corrected chi connectivity index (χ0v) is 10.3. The van der Waals surface area contributed by atoms with Crippen molar-refractivity contribution in [3.05, 3.63) is 45.8 Å². The number of non-ortho nitro benzene ring substituents is 1. The molecule has 1 aromatic carbocycles. The highest BCUT2D eigenvalue weighted by molar-refractivity contribution is 7.17. The topological polar surface area (TPSA) is 89.2 Å². The SMILES string of the molecule is O=[N+]([O-])c1ccc(-c2nc(O)c3sccc3n2)cc1. The molecule has 0 unspecified atom stereocenters. The second-order valence-corrected chi connectivity index (χ2v) is 4.73. The number of aromatic nitrogens is 2. The molecule has 0 aliphatic heterocycles. The molecule has 3 rings (SSSR count). The van der Waals surface area contributed by atoms with Gasteiger partial charge in [0.2, 0.25) is 5.88 Å². The molecule has 2 heterocycles. The number of nitrogens with zero attached hydrogens (tertiary/aromatic N) is 3. The molecule has 2 aromatic heterocycles. The predicted molar refractivity (Wildman–Crippen MR) is 71.2 cm³/mol. The molecule has 3 aromatic rings. The van der Waals surface area contributed by atoms with Gasteiger partial charge < -0.3 is 5.11 Å². The summed E-state index contributed by atoms with van der Waals surface area (Å²) in [5.74, 6) is 0.270. The molecule has 0 amide bonds. The first-order valence-corrected chi connectivity index (χ1v) is 6.22. The van der Waals surface area contributed by atoms with E-state index in [4.69, 9.17) is 0 Å². The highest BCUT2D eigenvalue weighted by atomic mass is 32.1. The maximum atomic E-state index is 10.6. The Hall–Kier alpha value is -2.54. The molecule has 0 bridgehead atoms. The van der Waals surface area contributed by atoms with Gasteiger partial charge in [-0.1, -0.05) is 0 Å². The van der Waals surface area contributed by atoms with E-state index < -0.39 is 4.92 Å². The molecule has 1 N–H and O–H groups in total. The van der Waals surface area contributed by atoms with Gasteiger partial charge >= 0.3 is 0 Å². The van der Waals surface area contributed by atoms with Crippen molar-refractivity contribution in [2.45, 2.75) is 0 Å². The number of nitro benzene ring substituents is 1. The Kier molecular flexibility index (Phi) is 2.60. The van der Waals surface area contributed by atoms with Crippen LogP contribution in [-0.2, 0) is 0 Å². The lowest BCUT2D eigenvalue weighted by molar-refractivity contribution is -0.384. The molecule has 0 radical (unpaired) electrons. The van der Waals surface area contributed by atoms with Crippen LogP contribution in [0.4, 0.5) is 5.69 Å². The zero-order valence-electron chi connectivity index (χ0n) is 9.48. The van der Waals surface area contributed by atoms with Gasteiger partial charge in [0.25, 0.3) is 5.69 Å². The normalized spacial score (nSPS) is 10.7. The van der Waals surface area contributed by atoms with E-state index in [-0.39, 0.29) is 11.6 Å². The van der Waals surface area contributed by atoms with Gasteiger partial charge in [-0.15, -0.1) is 11.3 Å². The van der Waals surface area contributed by atoms with Crippen LogP contribution in [0.1, 0.15) is 0 Å². The third-order valence-corrected chi connectivity index (χ3v) is 3.52. The van der Waals surface area contributed by atoms with Gasteiger partial charge in [0.15, 0.2) is 5.82 Å². The Morgan fingerprint density at radius 1 is 1.16 bits per heavy atom. The fourth-order valence-corrected chi connectivity index (χ4v) is 2.43. The van der Waals surface area contributed by atoms with Crippen molar-refractivity contribution in [3.63, 3.8) is 0 Å². The number of benzene rings is 1. The van der Waals surface area contributed by atoms with Crippen LogP contribution in [0.15, 0.2) is 35.7 Å². The van der Waals surface area contributed by atoms with Crippen molar-refractivity contribution in [1.29, 1.82) is 0 Å². The third kappa shape index (κ3) is 2.00. The van der Waals surface area contributed by atoms with Crippen LogP contribution < -0.4 is 0 Å². The average Bonchev–Trinajstić information content (AvgIpc) is 2.87. The number of rotatable bonds is 2. The van der Waals surface area contributed by atoms with E-state index in [2.05, 4.69) is 9.97 Å². The van der Waals surface area contributed by atoms with Crippen LogP contribution in [0.2, 0.25) is 0 Å². The molecule has 7 heteroatoms. The lowest BCUT2D eigenvalue weighted by Crippen LogP contribution is -1.91. The summed E-state index contributed by atoms with van der Waals surface area (Å²) in [7, 11) is 0. The third-order valence-electron chi connectivity index (χ3n) is 2.62.